The number of sulfonamides is 1. The monoisotopic (exact) mass is 275 g/mol. The molecule has 1 atom stereocenters. The van der Waals surface area contributed by atoms with Gasteiger partial charge in [-0.05, 0) is 13.3 Å². The lowest BCUT2D eigenvalue weighted by Crippen LogP contribution is -2.37. The summed E-state index contributed by atoms with van der Waals surface area (Å²) < 4.78 is 27.1. The Kier molecular flexibility index (Phi) is 4.47. The number of nitrogens with one attached hydrogen (secondary N) is 1. The first kappa shape index (κ1) is 14.7. The molecule has 1 aromatic rings. The number of aliphatic carboxylic acids is 1. The summed E-state index contributed by atoms with van der Waals surface area (Å²) in [6.07, 6.45) is 2.40. The number of carboxylic acid groups (broad SMARTS) is 1. The van der Waals surface area contributed by atoms with Gasteiger partial charge in [0.05, 0.1) is 5.69 Å². The van der Waals surface area contributed by atoms with E-state index in [9.17, 15) is 13.2 Å². The Balaban J connectivity index is 2.79. The van der Waals surface area contributed by atoms with E-state index in [-0.39, 0.29) is 6.54 Å². The molecule has 0 saturated heterocycles. The predicted molar refractivity (Wildman–Crippen MR) is 65.4 cm³/mol. The SMILES string of the molecule is CCc1nn(C)cc1CNS(=O)(=O)C(C)C(=O)O. The summed E-state index contributed by atoms with van der Waals surface area (Å²) in [7, 11) is -2.11. The van der Waals surface area contributed by atoms with Crippen LogP contribution in [0.25, 0.3) is 0 Å². The molecule has 0 aliphatic carbocycles. The van der Waals surface area contributed by atoms with Crippen LogP contribution in [0.1, 0.15) is 25.1 Å². The van der Waals surface area contributed by atoms with E-state index in [1.54, 1.807) is 17.9 Å². The Bertz CT molecular complexity index is 535. The van der Waals surface area contributed by atoms with Gasteiger partial charge >= 0.3 is 5.97 Å². The van der Waals surface area contributed by atoms with Crippen LogP contribution in [0.15, 0.2) is 6.20 Å². The highest BCUT2D eigenvalue weighted by molar-refractivity contribution is 7.90. The lowest BCUT2D eigenvalue weighted by Gasteiger charge is -2.09. The molecule has 0 aliphatic rings. The van der Waals surface area contributed by atoms with Crippen LogP contribution in [0.4, 0.5) is 0 Å². The molecule has 0 amide bonds. The van der Waals surface area contributed by atoms with E-state index in [0.29, 0.717) is 6.42 Å². The molecule has 0 aromatic carbocycles. The number of hydrogen-bond acceptors (Lipinski definition) is 4. The van der Waals surface area contributed by atoms with Crippen molar-refractivity contribution in [1.82, 2.24) is 14.5 Å². The fourth-order valence-electron chi connectivity index (χ4n) is 1.47. The van der Waals surface area contributed by atoms with Crippen LogP contribution >= 0.6 is 0 Å². The fourth-order valence-corrected chi connectivity index (χ4v) is 2.34. The quantitative estimate of drug-likeness (QED) is 0.753. The van der Waals surface area contributed by atoms with Gasteiger partial charge in [-0.2, -0.15) is 5.10 Å². The lowest BCUT2D eigenvalue weighted by atomic mass is 10.2. The maximum Gasteiger partial charge on any atom is 0.323 e. The number of aryl methyl sites for hydroxylation is 2. The minimum atomic E-state index is -3.86. The van der Waals surface area contributed by atoms with Gasteiger partial charge in [0.25, 0.3) is 0 Å². The van der Waals surface area contributed by atoms with Crippen LogP contribution in [0.2, 0.25) is 0 Å². The van der Waals surface area contributed by atoms with Crippen LogP contribution in [0.3, 0.4) is 0 Å². The van der Waals surface area contributed by atoms with Gasteiger partial charge < -0.3 is 5.11 Å². The highest BCUT2D eigenvalue weighted by atomic mass is 32.2. The molecule has 0 aliphatic heterocycles. The van der Waals surface area contributed by atoms with Crippen LogP contribution in [-0.2, 0) is 34.8 Å². The number of nitrogens with zero attached hydrogens (tertiary/aromatic N) is 2. The summed E-state index contributed by atoms with van der Waals surface area (Å²) in [5.74, 6) is -1.37. The lowest BCUT2D eigenvalue weighted by molar-refractivity contribution is -0.136. The number of carboxylic acids is 1. The summed E-state index contributed by atoms with van der Waals surface area (Å²) in [5, 5.41) is 11.4. The fraction of sp³-hybridized carbons (Fsp3) is 0.600. The molecule has 1 aromatic heterocycles. The van der Waals surface area contributed by atoms with Crippen molar-refractivity contribution in [2.45, 2.75) is 32.1 Å². The zero-order valence-electron chi connectivity index (χ0n) is 10.5. The van der Waals surface area contributed by atoms with Crippen molar-refractivity contribution in [3.05, 3.63) is 17.5 Å². The molecule has 0 fully saturated rings. The highest BCUT2D eigenvalue weighted by Gasteiger charge is 2.27. The molecule has 8 heteroatoms. The summed E-state index contributed by atoms with van der Waals surface area (Å²) in [4.78, 5) is 10.6. The molecular weight excluding hydrogens is 258 g/mol. The highest BCUT2D eigenvalue weighted by Crippen LogP contribution is 2.08. The van der Waals surface area contributed by atoms with Gasteiger partial charge in [-0.15, -0.1) is 0 Å². The van der Waals surface area contributed by atoms with Gasteiger partial charge in [0.15, 0.2) is 5.25 Å². The molecule has 0 bridgehead atoms. The molecular formula is C10H17N3O4S. The minimum Gasteiger partial charge on any atom is -0.480 e. The van der Waals surface area contributed by atoms with Gasteiger partial charge in [-0.1, -0.05) is 6.92 Å². The second-order valence-electron chi connectivity index (χ2n) is 3.97. The zero-order chi connectivity index (χ0) is 13.9. The second kappa shape index (κ2) is 5.49. The van der Waals surface area contributed by atoms with Gasteiger partial charge in [0, 0.05) is 25.4 Å². The van der Waals surface area contributed by atoms with Crippen molar-refractivity contribution >= 4 is 16.0 Å². The van der Waals surface area contributed by atoms with Gasteiger partial charge in [0.2, 0.25) is 10.0 Å². The van der Waals surface area contributed by atoms with E-state index in [1.807, 2.05) is 6.92 Å². The first-order chi connectivity index (χ1) is 8.27. The summed E-state index contributed by atoms with van der Waals surface area (Å²) in [6, 6.07) is 0. The van der Waals surface area contributed by atoms with Crippen LogP contribution in [0, 0.1) is 0 Å². The summed E-state index contributed by atoms with van der Waals surface area (Å²) >= 11 is 0. The smallest absolute Gasteiger partial charge is 0.323 e. The largest absolute Gasteiger partial charge is 0.480 e. The molecule has 7 nitrogen and oxygen atoms in total. The van der Waals surface area contributed by atoms with E-state index in [0.717, 1.165) is 18.2 Å². The molecule has 2 N–H and O–H groups in total. The third-order valence-electron chi connectivity index (χ3n) is 2.60. The molecule has 1 heterocycles. The van der Waals surface area contributed by atoms with Crippen LogP contribution in [0.5, 0.6) is 0 Å². The maximum absolute atomic E-state index is 11.6. The standard InChI is InChI=1S/C10H17N3O4S/c1-4-9-8(6-13(3)12-9)5-11-18(16,17)7(2)10(14)15/h6-7,11H,4-5H2,1-3H3,(H,14,15). The van der Waals surface area contributed by atoms with E-state index in [4.69, 9.17) is 5.11 Å². The first-order valence-electron chi connectivity index (χ1n) is 5.50. The molecule has 0 saturated carbocycles. The third-order valence-corrected chi connectivity index (χ3v) is 4.28. The van der Waals surface area contributed by atoms with E-state index in [1.165, 1.54) is 0 Å². The van der Waals surface area contributed by atoms with Crippen molar-refractivity contribution in [2.75, 3.05) is 0 Å². The van der Waals surface area contributed by atoms with Gasteiger partial charge in [-0.3, -0.25) is 9.48 Å². The molecule has 1 rings (SSSR count). The molecule has 0 spiro atoms. The Morgan fingerprint density at radius 3 is 2.72 bits per heavy atom. The summed E-state index contributed by atoms with van der Waals surface area (Å²) in [5.41, 5.74) is 1.55. The second-order valence-corrected chi connectivity index (χ2v) is 6.06. The molecule has 0 radical (unpaired) electrons. The number of aromatic nitrogens is 2. The summed E-state index contributed by atoms with van der Waals surface area (Å²) in [6.45, 7) is 3.10. The van der Waals surface area contributed by atoms with Crippen LogP contribution in [-0.4, -0.2) is 34.5 Å². The Morgan fingerprint density at radius 2 is 2.22 bits per heavy atom. The van der Waals surface area contributed by atoms with E-state index in [2.05, 4.69) is 9.82 Å². The minimum absolute atomic E-state index is 0.0525. The number of rotatable bonds is 6. The third kappa shape index (κ3) is 3.30. The van der Waals surface area contributed by atoms with Crippen LogP contribution < -0.4 is 4.72 Å². The van der Waals surface area contributed by atoms with Crippen molar-refractivity contribution in [3.63, 3.8) is 0 Å². The predicted octanol–water partition coefficient (Wildman–Crippen LogP) is -0.125. The number of hydrogen-bond donors (Lipinski definition) is 2. The average molecular weight is 275 g/mol. The average Bonchev–Trinajstić information content (AvgIpc) is 2.66. The van der Waals surface area contributed by atoms with E-state index >= 15 is 0 Å². The van der Waals surface area contributed by atoms with Crippen molar-refractivity contribution in [2.24, 2.45) is 7.05 Å². The molecule has 18 heavy (non-hydrogen) atoms. The topological polar surface area (TPSA) is 101 Å². The van der Waals surface area contributed by atoms with E-state index < -0.39 is 21.2 Å². The number of carbonyl (C=O) groups is 1. The first-order valence-corrected chi connectivity index (χ1v) is 7.05. The molecule has 1 unspecified atom stereocenters. The zero-order valence-corrected chi connectivity index (χ0v) is 11.4. The Hall–Kier alpha value is -1.41. The molecule has 102 valence electrons. The van der Waals surface area contributed by atoms with Gasteiger partial charge in [-0.25, -0.2) is 13.1 Å². The van der Waals surface area contributed by atoms with Crippen molar-refractivity contribution in [3.8, 4) is 0 Å². The normalized spacial score (nSPS) is 13.5. The van der Waals surface area contributed by atoms with Gasteiger partial charge in [0.1, 0.15) is 0 Å². The maximum atomic E-state index is 11.6. The van der Waals surface area contributed by atoms with Crippen molar-refractivity contribution < 1.29 is 18.3 Å². The Morgan fingerprint density at radius 1 is 1.61 bits per heavy atom. The Labute approximate surface area is 106 Å². The van der Waals surface area contributed by atoms with Crippen molar-refractivity contribution in [1.29, 1.82) is 0 Å².